The van der Waals surface area contributed by atoms with Crippen molar-refractivity contribution >= 4 is 21.8 Å². The van der Waals surface area contributed by atoms with E-state index >= 15 is 0 Å². The molecule has 1 saturated heterocycles. The molecule has 4 unspecified atom stereocenters. The fraction of sp³-hybridized carbons (Fsp3) is 0.727. The molecule has 27 heavy (non-hydrogen) atoms. The smallest absolute Gasteiger partial charge is 0.334 e. The predicted octanol–water partition coefficient (Wildman–Crippen LogP) is 5.57. The summed E-state index contributed by atoms with van der Waals surface area (Å²) in [5, 5.41) is 1.59. The van der Waals surface area contributed by atoms with E-state index in [9.17, 15) is 0 Å². The van der Waals surface area contributed by atoms with Crippen molar-refractivity contribution in [3.8, 4) is 0 Å². The summed E-state index contributed by atoms with van der Waals surface area (Å²) in [5.41, 5.74) is 0. The number of ether oxygens (including phenoxy) is 1. The van der Waals surface area contributed by atoms with Crippen molar-refractivity contribution in [3.63, 3.8) is 0 Å². The molecule has 0 aromatic heterocycles. The van der Waals surface area contributed by atoms with Crippen molar-refractivity contribution in [1.29, 1.82) is 0 Å². The standard InChI is InChI=1S/C20H34O3Si2.2CH4/c1-21-25(4,22-2)15-14-24(3,18-8-6-5-7-9-18)13-12-17-10-11-19-20(16-17)23-19;;/h5-9,17,19-20H,10-16H2,1-4H3;2*1H4. The summed E-state index contributed by atoms with van der Waals surface area (Å²) in [6.45, 7) is 4.76. The van der Waals surface area contributed by atoms with Crippen LogP contribution < -0.4 is 5.19 Å². The molecular weight excluding hydrogens is 368 g/mol. The van der Waals surface area contributed by atoms with Crippen LogP contribution in [0.3, 0.4) is 0 Å². The van der Waals surface area contributed by atoms with Crippen molar-refractivity contribution in [1.82, 2.24) is 0 Å². The summed E-state index contributed by atoms with van der Waals surface area (Å²) in [4.78, 5) is 0. The van der Waals surface area contributed by atoms with Crippen molar-refractivity contribution in [3.05, 3.63) is 30.3 Å². The maximum Gasteiger partial charge on any atom is 0.334 e. The van der Waals surface area contributed by atoms with Crippen molar-refractivity contribution in [2.24, 2.45) is 5.92 Å². The van der Waals surface area contributed by atoms with E-state index in [4.69, 9.17) is 13.6 Å². The van der Waals surface area contributed by atoms with E-state index in [-0.39, 0.29) is 14.9 Å². The molecule has 4 atom stereocenters. The number of fused-ring (bicyclic) bond motifs is 1. The zero-order valence-corrected chi connectivity index (χ0v) is 18.3. The third kappa shape index (κ3) is 6.26. The van der Waals surface area contributed by atoms with Gasteiger partial charge >= 0.3 is 8.56 Å². The van der Waals surface area contributed by atoms with Crippen LogP contribution in [-0.2, 0) is 13.6 Å². The summed E-state index contributed by atoms with van der Waals surface area (Å²) in [7, 11) is 0.0970. The second-order valence-corrected chi connectivity index (χ2v) is 16.7. The summed E-state index contributed by atoms with van der Waals surface area (Å²) in [5.74, 6) is 0.868. The zero-order valence-electron chi connectivity index (χ0n) is 16.3. The number of benzene rings is 1. The Labute approximate surface area is 170 Å². The fourth-order valence-electron chi connectivity index (χ4n) is 4.32. The normalized spacial score (nSPS) is 26.1. The van der Waals surface area contributed by atoms with Gasteiger partial charge in [0.15, 0.2) is 0 Å². The minimum Gasteiger partial charge on any atom is -0.398 e. The molecule has 0 radical (unpaired) electrons. The highest BCUT2D eigenvalue weighted by Crippen LogP contribution is 2.42. The molecular formula is C22H42O3Si2. The molecule has 1 aromatic carbocycles. The monoisotopic (exact) mass is 410 g/mol. The average molecular weight is 411 g/mol. The van der Waals surface area contributed by atoms with Gasteiger partial charge in [-0.25, -0.2) is 0 Å². The zero-order chi connectivity index (χ0) is 17.9. The van der Waals surface area contributed by atoms with Gasteiger partial charge in [0.1, 0.15) is 0 Å². The average Bonchev–Trinajstić information content (AvgIpc) is 3.44. The first kappa shape index (κ1) is 24.6. The van der Waals surface area contributed by atoms with Gasteiger partial charge in [-0.1, -0.05) is 75.4 Å². The van der Waals surface area contributed by atoms with Crippen LogP contribution in [0.1, 0.15) is 40.5 Å². The topological polar surface area (TPSA) is 31.0 Å². The lowest BCUT2D eigenvalue weighted by Gasteiger charge is -2.33. The quantitative estimate of drug-likeness (QED) is 0.394. The molecule has 2 fully saturated rings. The molecule has 0 bridgehead atoms. The number of hydrogen-bond donors (Lipinski definition) is 0. The Hall–Kier alpha value is -0.466. The van der Waals surface area contributed by atoms with Crippen molar-refractivity contribution in [2.45, 2.75) is 84.0 Å². The minimum absolute atomic E-state index is 0. The van der Waals surface area contributed by atoms with E-state index < -0.39 is 16.6 Å². The van der Waals surface area contributed by atoms with Gasteiger partial charge in [-0.3, -0.25) is 0 Å². The Morgan fingerprint density at radius 3 is 2.19 bits per heavy atom. The van der Waals surface area contributed by atoms with Gasteiger partial charge in [-0.2, -0.15) is 0 Å². The third-order valence-corrected chi connectivity index (χ3v) is 14.5. The second-order valence-electron chi connectivity index (χ2n) is 8.40. The molecule has 0 amide bonds. The van der Waals surface area contributed by atoms with Crippen LogP contribution in [0.2, 0.25) is 31.2 Å². The fourth-order valence-corrected chi connectivity index (χ4v) is 11.8. The molecule has 3 rings (SSSR count). The van der Waals surface area contributed by atoms with Gasteiger partial charge in [0, 0.05) is 14.2 Å². The van der Waals surface area contributed by atoms with E-state index in [0.29, 0.717) is 12.2 Å². The molecule has 156 valence electrons. The van der Waals surface area contributed by atoms with Gasteiger partial charge in [-0.05, 0) is 37.8 Å². The lowest BCUT2D eigenvalue weighted by Crippen LogP contribution is -2.47. The van der Waals surface area contributed by atoms with Crippen molar-refractivity contribution in [2.75, 3.05) is 14.2 Å². The first-order valence-corrected chi connectivity index (χ1v) is 15.2. The van der Waals surface area contributed by atoms with Gasteiger partial charge < -0.3 is 13.6 Å². The van der Waals surface area contributed by atoms with E-state index in [1.807, 2.05) is 14.2 Å². The van der Waals surface area contributed by atoms with Crippen LogP contribution in [0.25, 0.3) is 0 Å². The van der Waals surface area contributed by atoms with E-state index in [2.05, 4.69) is 43.4 Å². The number of rotatable bonds is 9. The molecule has 0 N–H and O–H groups in total. The summed E-state index contributed by atoms with van der Waals surface area (Å²) in [6, 6.07) is 15.0. The Morgan fingerprint density at radius 1 is 0.926 bits per heavy atom. The number of hydrogen-bond acceptors (Lipinski definition) is 3. The molecule has 1 saturated carbocycles. The maximum atomic E-state index is 5.75. The molecule has 3 nitrogen and oxygen atoms in total. The predicted molar refractivity (Wildman–Crippen MR) is 122 cm³/mol. The molecule has 2 aliphatic rings. The minimum atomic E-state index is -2.00. The van der Waals surface area contributed by atoms with E-state index in [0.717, 1.165) is 12.0 Å². The molecule has 1 aliphatic heterocycles. The summed E-state index contributed by atoms with van der Waals surface area (Å²) >= 11 is 0. The Bertz CT molecular complexity index is 550. The van der Waals surface area contributed by atoms with Crippen molar-refractivity contribution < 1.29 is 13.6 Å². The largest absolute Gasteiger partial charge is 0.398 e. The van der Waals surface area contributed by atoms with E-state index in [1.54, 1.807) is 5.19 Å². The van der Waals surface area contributed by atoms with Gasteiger partial charge in [-0.15, -0.1) is 0 Å². The Balaban J connectivity index is 0.00000182. The van der Waals surface area contributed by atoms with Crippen LogP contribution in [0.15, 0.2) is 30.3 Å². The highest BCUT2D eigenvalue weighted by molar-refractivity contribution is 6.91. The van der Waals surface area contributed by atoms with Gasteiger partial charge in [0.25, 0.3) is 0 Å². The highest BCUT2D eigenvalue weighted by Gasteiger charge is 2.44. The maximum absolute atomic E-state index is 5.75. The SMILES string of the molecule is C.C.CO[Si](C)(CC[Si](C)(CCC1CCC2OC2C1)c1ccccc1)OC. The Morgan fingerprint density at radius 2 is 1.59 bits per heavy atom. The van der Waals surface area contributed by atoms with Crippen LogP contribution >= 0.6 is 0 Å². The molecule has 1 aliphatic carbocycles. The highest BCUT2D eigenvalue weighted by atomic mass is 28.4. The first-order valence-electron chi connectivity index (χ1n) is 9.79. The lowest BCUT2D eigenvalue weighted by atomic mass is 9.87. The van der Waals surface area contributed by atoms with Crippen LogP contribution in [0.4, 0.5) is 0 Å². The third-order valence-electron chi connectivity index (χ3n) is 6.68. The van der Waals surface area contributed by atoms with Crippen LogP contribution in [0.5, 0.6) is 0 Å². The molecule has 0 spiro atoms. The Kier molecular flexibility index (Phi) is 9.42. The molecule has 1 aromatic rings. The lowest BCUT2D eigenvalue weighted by molar-refractivity contribution is 0.251. The second kappa shape index (κ2) is 10.4. The first-order chi connectivity index (χ1) is 12.0. The summed E-state index contributed by atoms with van der Waals surface area (Å²) < 4.78 is 17.2. The van der Waals surface area contributed by atoms with Gasteiger partial charge in [0.05, 0.1) is 20.3 Å². The van der Waals surface area contributed by atoms with Crippen LogP contribution in [-0.4, -0.2) is 43.1 Å². The summed E-state index contributed by atoms with van der Waals surface area (Å²) in [6.07, 6.45) is 6.53. The molecule has 1 heterocycles. The number of epoxide rings is 1. The van der Waals surface area contributed by atoms with Gasteiger partial charge in [0.2, 0.25) is 0 Å². The molecule has 5 heteroatoms. The van der Waals surface area contributed by atoms with E-state index in [1.165, 1.54) is 37.8 Å². The van der Waals surface area contributed by atoms with Crippen LogP contribution in [0, 0.1) is 5.92 Å².